The summed E-state index contributed by atoms with van der Waals surface area (Å²) in [6, 6.07) is 5.06. The molecule has 3 heterocycles. The van der Waals surface area contributed by atoms with Gasteiger partial charge in [0, 0.05) is 20.2 Å². The Labute approximate surface area is 160 Å². The molecule has 0 aromatic carbocycles. The molecule has 0 atom stereocenters. The van der Waals surface area contributed by atoms with Crippen molar-refractivity contribution in [1.29, 1.82) is 0 Å². The third-order valence-corrected chi connectivity index (χ3v) is 5.37. The molecule has 1 saturated carbocycles. The van der Waals surface area contributed by atoms with Crippen LogP contribution >= 0.6 is 0 Å². The Morgan fingerprint density at radius 3 is 2.57 bits per heavy atom. The Balaban J connectivity index is 1.66. The lowest BCUT2D eigenvalue weighted by molar-refractivity contribution is 0.102. The third kappa shape index (κ3) is 3.02. The number of nitrogens with one attached hydrogen (secondary N) is 1. The second-order valence-electron chi connectivity index (χ2n) is 7.18. The van der Waals surface area contributed by atoms with E-state index in [0.29, 0.717) is 5.82 Å². The number of pyridine rings is 1. The molecule has 9 nitrogen and oxygen atoms in total. The van der Waals surface area contributed by atoms with E-state index in [4.69, 9.17) is 0 Å². The minimum atomic E-state index is -0.488. The van der Waals surface area contributed by atoms with E-state index in [1.807, 2.05) is 4.68 Å². The van der Waals surface area contributed by atoms with Gasteiger partial charge in [0.2, 0.25) is 0 Å². The zero-order valence-corrected chi connectivity index (χ0v) is 15.9. The lowest BCUT2D eigenvalue weighted by Gasteiger charge is -2.23. The second-order valence-corrected chi connectivity index (χ2v) is 7.18. The van der Waals surface area contributed by atoms with E-state index in [2.05, 4.69) is 15.4 Å². The Morgan fingerprint density at radius 2 is 1.82 bits per heavy atom. The highest BCUT2D eigenvalue weighted by Gasteiger charge is 2.20. The van der Waals surface area contributed by atoms with Gasteiger partial charge in [-0.1, -0.05) is 19.3 Å². The van der Waals surface area contributed by atoms with Crippen molar-refractivity contribution in [2.75, 3.05) is 5.32 Å². The molecular formula is C19H22N6O3. The fraction of sp³-hybridized carbons (Fsp3) is 0.421. The van der Waals surface area contributed by atoms with Crippen molar-refractivity contribution in [3.05, 3.63) is 50.9 Å². The lowest BCUT2D eigenvalue weighted by Crippen LogP contribution is -2.37. The smallest absolute Gasteiger partial charge is 0.305 e. The van der Waals surface area contributed by atoms with Crippen LogP contribution in [0.1, 0.15) is 48.6 Å². The first-order valence-electron chi connectivity index (χ1n) is 9.39. The zero-order chi connectivity index (χ0) is 19.8. The monoisotopic (exact) mass is 382 g/mol. The second kappa shape index (κ2) is 7.06. The normalized spacial score (nSPS) is 15.1. The van der Waals surface area contributed by atoms with Crippen molar-refractivity contribution in [2.24, 2.45) is 14.1 Å². The Bertz CT molecular complexity index is 1170. The van der Waals surface area contributed by atoms with Crippen LogP contribution in [-0.4, -0.2) is 29.8 Å². The molecule has 1 fully saturated rings. The van der Waals surface area contributed by atoms with E-state index in [-0.39, 0.29) is 22.8 Å². The van der Waals surface area contributed by atoms with Crippen LogP contribution in [0.5, 0.6) is 0 Å². The summed E-state index contributed by atoms with van der Waals surface area (Å²) in [7, 11) is 2.94. The molecule has 0 aliphatic heterocycles. The SMILES string of the molecule is Cn1c(=O)c2ccc(C(=O)Nc3ccnn3C3CCCCC3)nc2n(C)c1=O. The Hall–Kier alpha value is -3.23. The maximum Gasteiger partial charge on any atom is 0.332 e. The lowest BCUT2D eigenvalue weighted by atomic mass is 9.96. The van der Waals surface area contributed by atoms with E-state index in [0.717, 1.165) is 30.3 Å². The number of aromatic nitrogens is 5. The molecule has 4 rings (SSSR count). The van der Waals surface area contributed by atoms with Gasteiger partial charge in [-0.2, -0.15) is 5.10 Å². The molecule has 3 aromatic rings. The molecule has 0 radical (unpaired) electrons. The molecule has 0 unspecified atom stereocenters. The first kappa shape index (κ1) is 18.1. The summed E-state index contributed by atoms with van der Waals surface area (Å²) >= 11 is 0. The van der Waals surface area contributed by atoms with Gasteiger partial charge in [-0.15, -0.1) is 0 Å². The van der Waals surface area contributed by atoms with Crippen LogP contribution in [0.2, 0.25) is 0 Å². The van der Waals surface area contributed by atoms with Crippen LogP contribution in [0, 0.1) is 0 Å². The maximum absolute atomic E-state index is 12.8. The summed E-state index contributed by atoms with van der Waals surface area (Å²) in [6.45, 7) is 0. The van der Waals surface area contributed by atoms with Crippen LogP contribution in [-0.2, 0) is 14.1 Å². The predicted octanol–water partition coefficient (Wildman–Crippen LogP) is 1.59. The van der Waals surface area contributed by atoms with Gasteiger partial charge in [0.1, 0.15) is 17.2 Å². The van der Waals surface area contributed by atoms with Gasteiger partial charge in [-0.3, -0.25) is 18.7 Å². The molecule has 9 heteroatoms. The van der Waals surface area contributed by atoms with Gasteiger partial charge >= 0.3 is 5.69 Å². The molecule has 0 bridgehead atoms. The first-order chi connectivity index (χ1) is 13.5. The summed E-state index contributed by atoms with van der Waals surface area (Å²) < 4.78 is 4.15. The molecule has 0 spiro atoms. The molecule has 1 amide bonds. The van der Waals surface area contributed by atoms with Crippen molar-refractivity contribution in [3.63, 3.8) is 0 Å². The highest BCUT2D eigenvalue weighted by Crippen LogP contribution is 2.30. The summed E-state index contributed by atoms with van der Waals surface area (Å²) in [6.07, 6.45) is 7.32. The third-order valence-electron chi connectivity index (χ3n) is 5.37. The van der Waals surface area contributed by atoms with E-state index in [9.17, 15) is 14.4 Å². The van der Waals surface area contributed by atoms with Crippen molar-refractivity contribution < 1.29 is 4.79 Å². The standard InChI is InChI=1S/C19H22N6O3/c1-23-16-13(18(27)24(2)19(23)28)8-9-14(21-16)17(26)22-15-10-11-20-25(15)12-6-4-3-5-7-12/h8-12H,3-7H2,1-2H3,(H,22,26). The van der Waals surface area contributed by atoms with E-state index < -0.39 is 17.2 Å². The van der Waals surface area contributed by atoms with E-state index in [1.54, 1.807) is 12.3 Å². The van der Waals surface area contributed by atoms with Crippen molar-refractivity contribution in [3.8, 4) is 0 Å². The number of nitrogens with zero attached hydrogens (tertiary/aromatic N) is 5. The average Bonchev–Trinajstić information content (AvgIpc) is 3.19. The Kier molecular flexibility index (Phi) is 4.58. The number of rotatable bonds is 3. The van der Waals surface area contributed by atoms with Gasteiger partial charge in [-0.25, -0.2) is 14.5 Å². The topological polar surface area (TPSA) is 104 Å². The molecule has 1 aliphatic rings. The molecule has 1 N–H and O–H groups in total. The summed E-state index contributed by atoms with van der Waals surface area (Å²) in [5.74, 6) is 0.212. The number of hydrogen-bond acceptors (Lipinski definition) is 5. The number of carbonyl (C=O) groups is 1. The highest BCUT2D eigenvalue weighted by atomic mass is 16.2. The van der Waals surface area contributed by atoms with Gasteiger partial charge in [-0.05, 0) is 25.0 Å². The van der Waals surface area contributed by atoms with Crippen molar-refractivity contribution in [2.45, 2.75) is 38.1 Å². The number of aryl methyl sites for hydroxylation is 1. The largest absolute Gasteiger partial charge is 0.332 e. The predicted molar refractivity (Wildman–Crippen MR) is 105 cm³/mol. The van der Waals surface area contributed by atoms with Crippen LogP contribution in [0.15, 0.2) is 34.0 Å². The average molecular weight is 382 g/mol. The first-order valence-corrected chi connectivity index (χ1v) is 9.39. The van der Waals surface area contributed by atoms with Crippen molar-refractivity contribution >= 4 is 22.8 Å². The molecule has 1 aliphatic carbocycles. The number of carbonyl (C=O) groups excluding carboxylic acids is 1. The quantitative estimate of drug-likeness (QED) is 0.741. The molecule has 146 valence electrons. The van der Waals surface area contributed by atoms with Gasteiger partial charge in [0.05, 0.1) is 17.6 Å². The van der Waals surface area contributed by atoms with Crippen LogP contribution in [0.3, 0.4) is 0 Å². The maximum atomic E-state index is 12.8. The highest BCUT2D eigenvalue weighted by molar-refractivity contribution is 6.03. The van der Waals surface area contributed by atoms with E-state index >= 15 is 0 Å². The molecule has 3 aromatic heterocycles. The van der Waals surface area contributed by atoms with Gasteiger partial charge < -0.3 is 5.32 Å². The number of hydrogen-bond donors (Lipinski definition) is 1. The summed E-state index contributed by atoms with van der Waals surface area (Å²) in [5, 5.41) is 7.52. The van der Waals surface area contributed by atoms with E-state index in [1.165, 1.54) is 37.2 Å². The van der Waals surface area contributed by atoms with Crippen molar-refractivity contribution in [1.82, 2.24) is 23.9 Å². The molecule has 0 saturated heterocycles. The zero-order valence-electron chi connectivity index (χ0n) is 15.9. The molecular weight excluding hydrogens is 360 g/mol. The minimum Gasteiger partial charge on any atom is -0.305 e. The molecule has 28 heavy (non-hydrogen) atoms. The number of amides is 1. The number of fused-ring (bicyclic) bond motifs is 1. The summed E-state index contributed by atoms with van der Waals surface area (Å²) in [4.78, 5) is 41.4. The summed E-state index contributed by atoms with van der Waals surface area (Å²) in [5.41, 5.74) is -0.612. The fourth-order valence-corrected chi connectivity index (χ4v) is 3.79. The number of anilines is 1. The fourth-order valence-electron chi connectivity index (χ4n) is 3.79. The van der Waals surface area contributed by atoms with Crippen LogP contribution < -0.4 is 16.6 Å². The van der Waals surface area contributed by atoms with Gasteiger partial charge in [0.25, 0.3) is 11.5 Å². The Morgan fingerprint density at radius 1 is 1.07 bits per heavy atom. The van der Waals surface area contributed by atoms with Gasteiger partial charge in [0.15, 0.2) is 0 Å². The minimum absolute atomic E-state index is 0.132. The van der Waals surface area contributed by atoms with Crippen LogP contribution in [0.25, 0.3) is 11.0 Å². The van der Waals surface area contributed by atoms with Crippen LogP contribution in [0.4, 0.5) is 5.82 Å².